The maximum atomic E-state index is 14.8. The first-order valence-electron chi connectivity index (χ1n) is 8.73. The molecule has 2 aromatic rings. The maximum Gasteiger partial charge on any atom is 0.220 e. The summed E-state index contributed by atoms with van der Waals surface area (Å²) in [7, 11) is 1.61. The highest BCUT2D eigenvalue weighted by atomic mass is 35.5. The Morgan fingerprint density at radius 3 is 2.58 bits per heavy atom. The van der Waals surface area contributed by atoms with Crippen LogP contribution in [0, 0.1) is 12.7 Å². The van der Waals surface area contributed by atoms with E-state index in [1.54, 1.807) is 13.1 Å². The van der Waals surface area contributed by atoms with Gasteiger partial charge in [-0.3, -0.25) is 4.79 Å². The lowest BCUT2D eigenvalue weighted by atomic mass is 9.93. The van der Waals surface area contributed by atoms with E-state index in [0.717, 1.165) is 16.7 Å². The van der Waals surface area contributed by atoms with Crippen LogP contribution < -0.4 is 5.32 Å². The molecule has 0 atom stereocenters. The maximum absolute atomic E-state index is 14.8. The normalized spacial score (nSPS) is 11.0. The van der Waals surface area contributed by atoms with E-state index >= 15 is 0 Å². The summed E-state index contributed by atoms with van der Waals surface area (Å²) >= 11 is 6.45. The molecule has 0 aromatic heterocycles. The van der Waals surface area contributed by atoms with E-state index in [1.165, 1.54) is 6.07 Å². The quantitative estimate of drug-likeness (QED) is 0.753. The van der Waals surface area contributed by atoms with Crippen molar-refractivity contribution in [3.8, 4) is 5.75 Å². The third-order valence-corrected chi connectivity index (χ3v) is 4.92. The van der Waals surface area contributed by atoms with E-state index in [9.17, 15) is 14.3 Å². The second kappa shape index (κ2) is 8.54. The van der Waals surface area contributed by atoms with Crippen molar-refractivity contribution in [3.63, 3.8) is 0 Å². The van der Waals surface area contributed by atoms with Crippen LogP contribution in [0.1, 0.15) is 54.0 Å². The SMILES string of the molecule is CNC(=O)CCc1cc(C)c(Cc2ccc(O)c(C(C)C)c2F)c(Cl)c1. The van der Waals surface area contributed by atoms with E-state index in [4.69, 9.17) is 11.6 Å². The standard InChI is InChI=1S/C21H25ClFNO2/c1-12(2)20-18(25)7-6-15(21(20)23)11-16-13(3)9-14(10-17(16)22)5-8-19(26)24-4/h6-7,9-10,12,25H,5,8,11H2,1-4H3,(H,24,26). The molecule has 5 heteroatoms. The fourth-order valence-electron chi connectivity index (χ4n) is 3.10. The van der Waals surface area contributed by atoms with Crippen LogP contribution in [0.3, 0.4) is 0 Å². The van der Waals surface area contributed by atoms with E-state index in [0.29, 0.717) is 35.4 Å². The Balaban J connectivity index is 2.31. The molecule has 0 radical (unpaired) electrons. The molecule has 0 saturated carbocycles. The van der Waals surface area contributed by atoms with Crippen molar-refractivity contribution in [2.45, 2.75) is 46.0 Å². The Hall–Kier alpha value is -2.07. The monoisotopic (exact) mass is 377 g/mol. The Morgan fingerprint density at radius 2 is 2.00 bits per heavy atom. The summed E-state index contributed by atoms with van der Waals surface area (Å²) in [6.07, 6.45) is 1.35. The Bertz CT molecular complexity index is 795. The van der Waals surface area contributed by atoms with Gasteiger partial charge in [-0.05, 0) is 53.6 Å². The van der Waals surface area contributed by atoms with Crippen molar-refractivity contribution >= 4 is 17.5 Å². The predicted octanol–water partition coefficient (Wildman–Crippen LogP) is 4.89. The third-order valence-electron chi connectivity index (χ3n) is 4.58. The number of phenolic OH excluding ortho intramolecular Hbond substituents is 1. The molecule has 0 aliphatic carbocycles. The smallest absolute Gasteiger partial charge is 0.220 e. The van der Waals surface area contributed by atoms with Gasteiger partial charge >= 0.3 is 0 Å². The van der Waals surface area contributed by atoms with Crippen molar-refractivity contribution in [2.75, 3.05) is 7.05 Å². The van der Waals surface area contributed by atoms with Gasteiger partial charge in [0.2, 0.25) is 5.91 Å². The summed E-state index contributed by atoms with van der Waals surface area (Å²) in [5.41, 5.74) is 3.64. The number of hydrogen-bond acceptors (Lipinski definition) is 2. The van der Waals surface area contributed by atoms with Crippen LogP contribution in [0.25, 0.3) is 0 Å². The summed E-state index contributed by atoms with van der Waals surface area (Å²) in [6.45, 7) is 5.63. The highest BCUT2D eigenvalue weighted by Crippen LogP contribution is 2.33. The third kappa shape index (κ3) is 4.55. The zero-order valence-corrected chi connectivity index (χ0v) is 16.4. The van der Waals surface area contributed by atoms with Gasteiger partial charge in [0.05, 0.1) is 0 Å². The zero-order valence-electron chi connectivity index (χ0n) is 15.6. The van der Waals surface area contributed by atoms with Gasteiger partial charge in [0, 0.05) is 30.5 Å². The number of nitrogens with one attached hydrogen (secondary N) is 1. The second-order valence-corrected chi connectivity index (χ2v) is 7.26. The molecule has 2 rings (SSSR count). The number of halogens is 2. The van der Waals surface area contributed by atoms with Gasteiger partial charge in [0.25, 0.3) is 0 Å². The average Bonchev–Trinajstić information content (AvgIpc) is 2.57. The minimum absolute atomic E-state index is 0.0183. The van der Waals surface area contributed by atoms with E-state index in [2.05, 4.69) is 5.32 Å². The molecule has 1 amide bonds. The first-order chi connectivity index (χ1) is 12.2. The van der Waals surface area contributed by atoms with Gasteiger partial charge in [0.15, 0.2) is 0 Å². The molecule has 2 aromatic carbocycles. The lowest BCUT2D eigenvalue weighted by Gasteiger charge is -2.16. The number of hydrogen-bond donors (Lipinski definition) is 2. The van der Waals surface area contributed by atoms with Gasteiger partial charge in [-0.25, -0.2) is 4.39 Å². The fraction of sp³-hybridized carbons (Fsp3) is 0.381. The highest BCUT2D eigenvalue weighted by molar-refractivity contribution is 6.31. The number of aromatic hydroxyl groups is 1. The number of benzene rings is 2. The fourth-order valence-corrected chi connectivity index (χ4v) is 3.46. The molecule has 0 saturated heterocycles. The number of carbonyl (C=O) groups excluding carboxylic acids is 1. The molecule has 26 heavy (non-hydrogen) atoms. The number of carbonyl (C=O) groups is 1. The lowest BCUT2D eigenvalue weighted by molar-refractivity contribution is -0.120. The molecule has 3 nitrogen and oxygen atoms in total. The van der Waals surface area contributed by atoms with E-state index in [-0.39, 0.29) is 23.4 Å². The Labute approximate surface area is 159 Å². The van der Waals surface area contributed by atoms with Crippen LogP contribution in [-0.4, -0.2) is 18.1 Å². The van der Waals surface area contributed by atoms with Crippen LogP contribution >= 0.6 is 11.6 Å². The van der Waals surface area contributed by atoms with Crippen LogP contribution in [0.4, 0.5) is 4.39 Å². The molecule has 0 spiro atoms. The first-order valence-corrected chi connectivity index (χ1v) is 9.11. The van der Waals surface area contributed by atoms with Crippen LogP contribution in [0.15, 0.2) is 24.3 Å². The Kier molecular flexibility index (Phi) is 6.65. The molecule has 0 unspecified atom stereocenters. The van der Waals surface area contributed by atoms with Gasteiger partial charge in [0.1, 0.15) is 11.6 Å². The van der Waals surface area contributed by atoms with Crippen LogP contribution in [-0.2, 0) is 17.6 Å². The molecule has 140 valence electrons. The molecule has 2 N–H and O–H groups in total. The zero-order chi connectivity index (χ0) is 19.4. The summed E-state index contributed by atoms with van der Waals surface area (Å²) in [5, 5.41) is 13.1. The van der Waals surface area contributed by atoms with Crippen molar-refractivity contribution in [1.82, 2.24) is 5.32 Å². The first kappa shape index (κ1) is 20.2. The summed E-state index contributed by atoms with van der Waals surface area (Å²) < 4.78 is 14.8. The molecule has 0 bridgehead atoms. The van der Waals surface area contributed by atoms with Gasteiger partial charge < -0.3 is 10.4 Å². The summed E-state index contributed by atoms with van der Waals surface area (Å²) in [4.78, 5) is 11.4. The minimum Gasteiger partial charge on any atom is -0.508 e. The van der Waals surface area contributed by atoms with Crippen molar-refractivity contribution in [2.24, 2.45) is 0 Å². The number of amides is 1. The van der Waals surface area contributed by atoms with Crippen LogP contribution in [0.2, 0.25) is 5.02 Å². The number of rotatable bonds is 6. The van der Waals surface area contributed by atoms with Crippen molar-refractivity contribution in [1.29, 1.82) is 0 Å². The minimum atomic E-state index is -0.376. The molecule has 0 fully saturated rings. The number of phenols is 1. The van der Waals surface area contributed by atoms with E-state index < -0.39 is 0 Å². The molecular formula is C21H25ClFNO2. The van der Waals surface area contributed by atoms with E-state index in [1.807, 2.05) is 32.9 Å². The summed E-state index contributed by atoms with van der Waals surface area (Å²) in [6, 6.07) is 6.97. The lowest BCUT2D eigenvalue weighted by Crippen LogP contribution is -2.18. The van der Waals surface area contributed by atoms with Gasteiger partial charge in [-0.1, -0.05) is 37.6 Å². The summed E-state index contributed by atoms with van der Waals surface area (Å²) in [5.74, 6) is -0.526. The average molecular weight is 378 g/mol. The molecular weight excluding hydrogens is 353 g/mol. The molecule has 0 aliphatic heterocycles. The van der Waals surface area contributed by atoms with Crippen molar-refractivity contribution in [3.05, 3.63) is 62.9 Å². The number of aryl methyl sites for hydroxylation is 2. The molecule has 0 aliphatic rings. The van der Waals surface area contributed by atoms with Crippen molar-refractivity contribution < 1.29 is 14.3 Å². The van der Waals surface area contributed by atoms with Gasteiger partial charge in [-0.2, -0.15) is 0 Å². The van der Waals surface area contributed by atoms with Crippen LogP contribution in [0.5, 0.6) is 5.75 Å². The largest absolute Gasteiger partial charge is 0.508 e. The molecule has 0 heterocycles. The van der Waals surface area contributed by atoms with Gasteiger partial charge in [-0.15, -0.1) is 0 Å². The predicted molar refractivity (Wildman–Crippen MR) is 104 cm³/mol. The Morgan fingerprint density at radius 1 is 1.31 bits per heavy atom. The second-order valence-electron chi connectivity index (χ2n) is 6.85. The topological polar surface area (TPSA) is 49.3 Å². The highest BCUT2D eigenvalue weighted by Gasteiger charge is 2.18.